The van der Waals surface area contributed by atoms with Crippen molar-refractivity contribution in [3.05, 3.63) is 60.2 Å². The maximum atomic E-state index is 6.26. The Bertz CT molecular complexity index is 799. The molecule has 0 atom stereocenters. The molecule has 1 fully saturated rings. The van der Waals surface area contributed by atoms with Crippen molar-refractivity contribution in [2.45, 2.75) is 71.1 Å². The molecule has 0 bridgehead atoms. The fraction of sp³-hybridized carbons (Fsp3) is 0.552. The number of benzene rings is 2. The average Bonchev–Trinajstić information content (AvgIpc) is 2.88. The molecule has 2 aromatic rings. The molecule has 0 amide bonds. The molecule has 188 valence electrons. The Hall–Kier alpha value is -2.20. The smallest absolute Gasteiger partial charge is 0.125 e. The lowest BCUT2D eigenvalue weighted by Crippen LogP contribution is -2.46. The van der Waals surface area contributed by atoms with E-state index in [1.54, 1.807) is 0 Å². The fourth-order valence-electron chi connectivity index (χ4n) is 4.59. The molecule has 4 nitrogen and oxygen atoms in total. The number of unbranched alkanes of at least 4 members (excludes halogenated alkanes) is 9. The summed E-state index contributed by atoms with van der Waals surface area (Å²) < 4.78 is 0. The molecule has 2 N–H and O–H groups in total. The van der Waals surface area contributed by atoms with Crippen LogP contribution in [0.15, 0.2) is 59.6 Å². The van der Waals surface area contributed by atoms with Gasteiger partial charge in [-0.25, -0.2) is 0 Å². The Morgan fingerprint density at radius 2 is 1.15 bits per heavy atom. The fourth-order valence-corrected chi connectivity index (χ4v) is 4.59. The molecule has 0 aliphatic carbocycles. The van der Waals surface area contributed by atoms with E-state index in [1.807, 2.05) is 0 Å². The van der Waals surface area contributed by atoms with Crippen LogP contribution in [0.1, 0.15) is 76.7 Å². The van der Waals surface area contributed by atoms with Crippen LogP contribution in [-0.4, -0.2) is 38.6 Å². The van der Waals surface area contributed by atoms with E-state index in [-0.39, 0.29) is 12.4 Å². The van der Waals surface area contributed by atoms with Crippen molar-refractivity contribution in [2.24, 2.45) is 10.7 Å². The molecule has 0 saturated carbocycles. The van der Waals surface area contributed by atoms with Crippen molar-refractivity contribution in [3.8, 4) is 0 Å². The highest BCUT2D eigenvalue weighted by Crippen LogP contribution is 2.21. The number of hydrogen-bond acceptors (Lipinski definition) is 3. The Balaban J connectivity index is 0.00000408. The standard InChI is InChI=1S/C29H44N4.ClH/c1-2-3-4-5-6-7-8-9-10-14-21-31-29(30)26-17-19-28(20-18-26)33-24-22-32(23-25-33)27-15-12-11-13-16-27;/h11-13,15-20H,2-10,14,21-25H2,1H3,(H2,30,31);1H. The second-order valence-corrected chi connectivity index (χ2v) is 9.31. The topological polar surface area (TPSA) is 44.9 Å². The first-order valence-electron chi connectivity index (χ1n) is 13.2. The van der Waals surface area contributed by atoms with Crippen LogP contribution >= 0.6 is 12.4 Å². The normalized spacial score (nSPS) is 14.2. The lowest BCUT2D eigenvalue weighted by molar-refractivity contribution is 0.558. The zero-order valence-electron chi connectivity index (χ0n) is 21.1. The predicted octanol–water partition coefficient (Wildman–Crippen LogP) is 7.06. The lowest BCUT2D eigenvalue weighted by Gasteiger charge is -2.37. The second kappa shape index (κ2) is 16.4. The predicted molar refractivity (Wildman–Crippen MR) is 152 cm³/mol. The first-order chi connectivity index (χ1) is 16.3. The number of piperazine rings is 1. The summed E-state index contributed by atoms with van der Waals surface area (Å²) in [6.45, 7) is 7.29. The number of halogens is 1. The molecular formula is C29H45ClN4. The minimum Gasteiger partial charge on any atom is -0.384 e. The van der Waals surface area contributed by atoms with Crippen LogP contribution in [0.25, 0.3) is 0 Å². The van der Waals surface area contributed by atoms with E-state index in [0.717, 1.165) is 44.7 Å². The van der Waals surface area contributed by atoms with Gasteiger partial charge in [0.1, 0.15) is 5.84 Å². The summed E-state index contributed by atoms with van der Waals surface area (Å²) >= 11 is 0. The zero-order chi connectivity index (χ0) is 23.1. The summed E-state index contributed by atoms with van der Waals surface area (Å²) in [6.07, 6.45) is 13.5. The van der Waals surface area contributed by atoms with Gasteiger partial charge >= 0.3 is 0 Å². The van der Waals surface area contributed by atoms with Crippen molar-refractivity contribution in [1.29, 1.82) is 0 Å². The second-order valence-electron chi connectivity index (χ2n) is 9.31. The molecule has 0 spiro atoms. The third-order valence-electron chi connectivity index (χ3n) is 6.72. The summed E-state index contributed by atoms with van der Waals surface area (Å²) in [5, 5.41) is 0. The molecule has 0 unspecified atom stereocenters. The van der Waals surface area contributed by atoms with Crippen molar-refractivity contribution < 1.29 is 0 Å². The third kappa shape index (κ3) is 9.58. The number of anilines is 2. The van der Waals surface area contributed by atoms with Crippen LogP contribution in [-0.2, 0) is 0 Å². The molecule has 2 aromatic carbocycles. The summed E-state index contributed by atoms with van der Waals surface area (Å²) in [7, 11) is 0. The summed E-state index contributed by atoms with van der Waals surface area (Å²) in [6, 6.07) is 19.3. The molecule has 1 saturated heterocycles. The monoisotopic (exact) mass is 484 g/mol. The summed E-state index contributed by atoms with van der Waals surface area (Å²) in [4.78, 5) is 9.54. The quantitative estimate of drug-likeness (QED) is 0.177. The first kappa shape index (κ1) is 28.0. The Morgan fingerprint density at radius 3 is 1.68 bits per heavy atom. The van der Waals surface area contributed by atoms with Crippen molar-refractivity contribution in [2.75, 3.05) is 42.5 Å². The lowest BCUT2D eigenvalue weighted by atomic mass is 10.1. The van der Waals surface area contributed by atoms with Gasteiger partial charge in [0.05, 0.1) is 0 Å². The molecule has 1 aliphatic rings. The number of rotatable bonds is 14. The number of aliphatic imine (C=N–C) groups is 1. The number of hydrogen-bond donors (Lipinski definition) is 1. The molecule has 5 heteroatoms. The highest BCUT2D eigenvalue weighted by atomic mass is 35.5. The van der Waals surface area contributed by atoms with Crippen LogP contribution in [0.3, 0.4) is 0 Å². The van der Waals surface area contributed by atoms with Crippen LogP contribution in [0.5, 0.6) is 0 Å². The van der Waals surface area contributed by atoms with E-state index in [1.165, 1.54) is 69.2 Å². The SMILES string of the molecule is CCCCCCCCCCCCN=C(N)c1ccc(N2CCN(c3ccccc3)CC2)cc1.Cl. The van der Waals surface area contributed by atoms with Crippen molar-refractivity contribution >= 4 is 29.6 Å². The Morgan fingerprint density at radius 1 is 0.676 bits per heavy atom. The number of nitrogens with zero attached hydrogens (tertiary/aromatic N) is 3. The number of nitrogens with two attached hydrogens (primary N) is 1. The van der Waals surface area contributed by atoms with E-state index < -0.39 is 0 Å². The van der Waals surface area contributed by atoms with E-state index in [2.05, 4.69) is 76.3 Å². The number of para-hydroxylation sites is 1. The van der Waals surface area contributed by atoms with Gasteiger partial charge in [0.25, 0.3) is 0 Å². The molecule has 0 aromatic heterocycles. The maximum absolute atomic E-state index is 6.26. The summed E-state index contributed by atoms with van der Waals surface area (Å²) in [5.41, 5.74) is 9.88. The van der Waals surface area contributed by atoms with Crippen molar-refractivity contribution in [3.63, 3.8) is 0 Å². The molecular weight excluding hydrogens is 440 g/mol. The van der Waals surface area contributed by atoms with E-state index in [4.69, 9.17) is 5.73 Å². The van der Waals surface area contributed by atoms with Crippen molar-refractivity contribution in [1.82, 2.24) is 0 Å². The van der Waals surface area contributed by atoms with Gasteiger partial charge in [-0.2, -0.15) is 0 Å². The van der Waals surface area contributed by atoms with Crippen LogP contribution < -0.4 is 15.5 Å². The summed E-state index contributed by atoms with van der Waals surface area (Å²) in [5.74, 6) is 0.673. The van der Waals surface area contributed by atoms with Crippen LogP contribution in [0, 0.1) is 0 Å². The number of amidine groups is 1. The molecule has 1 aliphatic heterocycles. The highest BCUT2D eigenvalue weighted by molar-refractivity contribution is 5.97. The zero-order valence-corrected chi connectivity index (χ0v) is 21.9. The van der Waals surface area contributed by atoms with Gasteiger partial charge in [-0.05, 0) is 42.8 Å². The first-order valence-corrected chi connectivity index (χ1v) is 13.2. The van der Waals surface area contributed by atoms with Gasteiger partial charge in [0, 0.05) is 49.7 Å². The minimum absolute atomic E-state index is 0. The van der Waals surface area contributed by atoms with Gasteiger partial charge in [-0.3, -0.25) is 4.99 Å². The Labute approximate surface area is 214 Å². The highest BCUT2D eigenvalue weighted by Gasteiger charge is 2.17. The average molecular weight is 485 g/mol. The van der Waals surface area contributed by atoms with Gasteiger partial charge in [0.15, 0.2) is 0 Å². The van der Waals surface area contributed by atoms with Crippen LogP contribution in [0.2, 0.25) is 0 Å². The Kier molecular flexibility index (Phi) is 13.6. The third-order valence-corrected chi connectivity index (χ3v) is 6.72. The minimum atomic E-state index is 0. The van der Waals surface area contributed by atoms with Gasteiger partial charge < -0.3 is 15.5 Å². The molecule has 0 radical (unpaired) electrons. The van der Waals surface area contributed by atoms with Gasteiger partial charge in [-0.15, -0.1) is 12.4 Å². The van der Waals surface area contributed by atoms with Gasteiger partial charge in [0.2, 0.25) is 0 Å². The largest absolute Gasteiger partial charge is 0.384 e. The van der Waals surface area contributed by atoms with E-state index >= 15 is 0 Å². The molecule has 34 heavy (non-hydrogen) atoms. The van der Waals surface area contributed by atoms with Crippen LogP contribution in [0.4, 0.5) is 11.4 Å². The van der Waals surface area contributed by atoms with Gasteiger partial charge in [-0.1, -0.05) is 82.9 Å². The maximum Gasteiger partial charge on any atom is 0.125 e. The molecule has 3 rings (SSSR count). The van der Waals surface area contributed by atoms with E-state index in [0.29, 0.717) is 5.84 Å². The van der Waals surface area contributed by atoms with E-state index in [9.17, 15) is 0 Å². The molecule has 1 heterocycles.